The molecule has 1 N–H and O–H groups in total. The first-order valence-corrected chi connectivity index (χ1v) is 8.21. The van der Waals surface area contributed by atoms with Crippen molar-refractivity contribution in [2.75, 3.05) is 12.4 Å². The van der Waals surface area contributed by atoms with Crippen LogP contribution < -0.4 is 10.1 Å². The van der Waals surface area contributed by atoms with Crippen molar-refractivity contribution in [2.24, 2.45) is 0 Å². The van der Waals surface area contributed by atoms with Crippen LogP contribution in [0.3, 0.4) is 0 Å². The third-order valence-corrected chi connectivity index (χ3v) is 4.09. The topological polar surface area (TPSA) is 77.3 Å². The van der Waals surface area contributed by atoms with Crippen LogP contribution in [0, 0.1) is 10.1 Å². The molecule has 0 saturated heterocycles. The monoisotopic (exact) mass is 369 g/mol. The number of anilines is 1. The van der Waals surface area contributed by atoms with E-state index in [1.165, 1.54) is 13.2 Å². The van der Waals surface area contributed by atoms with Gasteiger partial charge in [-0.15, -0.1) is 0 Å². The first kappa shape index (κ1) is 17.7. The highest BCUT2D eigenvalue weighted by Crippen LogP contribution is 2.33. The largest absolute Gasteiger partial charge is 0.490 e. The molecule has 0 fully saturated rings. The number of halogens is 1. The number of nitro groups is 1. The van der Waals surface area contributed by atoms with E-state index >= 15 is 0 Å². The van der Waals surface area contributed by atoms with Gasteiger partial charge in [0.2, 0.25) is 0 Å². The van der Waals surface area contributed by atoms with Crippen LogP contribution in [0.2, 0.25) is 5.02 Å². The molecule has 1 unspecified atom stereocenters. The van der Waals surface area contributed by atoms with Gasteiger partial charge in [-0.1, -0.05) is 29.8 Å². The summed E-state index contributed by atoms with van der Waals surface area (Å²) in [6.45, 7) is 0. The van der Waals surface area contributed by atoms with E-state index in [9.17, 15) is 10.1 Å². The van der Waals surface area contributed by atoms with Gasteiger partial charge in [0, 0.05) is 29.0 Å². The van der Waals surface area contributed by atoms with Crippen molar-refractivity contribution in [1.82, 2.24) is 4.98 Å². The first-order chi connectivity index (χ1) is 12.6. The van der Waals surface area contributed by atoms with Crippen molar-refractivity contribution in [2.45, 2.75) is 6.04 Å². The molecule has 6 nitrogen and oxygen atoms in total. The molecule has 132 valence electrons. The number of hydrogen-bond acceptors (Lipinski definition) is 5. The summed E-state index contributed by atoms with van der Waals surface area (Å²) in [5, 5.41) is 15.0. The quantitative estimate of drug-likeness (QED) is 0.496. The zero-order valence-electron chi connectivity index (χ0n) is 13.9. The van der Waals surface area contributed by atoms with Gasteiger partial charge in [0.25, 0.3) is 0 Å². The molecule has 0 spiro atoms. The lowest BCUT2D eigenvalue weighted by Crippen LogP contribution is -2.14. The zero-order valence-corrected chi connectivity index (χ0v) is 14.7. The average Bonchev–Trinajstić information content (AvgIpc) is 2.66. The number of nitro benzene ring substituents is 1. The zero-order chi connectivity index (χ0) is 18.5. The summed E-state index contributed by atoms with van der Waals surface area (Å²) in [5.74, 6) is 0.186. The van der Waals surface area contributed by atoms with Crippen molar-refractivity contribution in [3.8, 4) is 5.75 Å². The molecule has 0 radical (unpaired) electrons. The third-order valence-electron chi connectivity index (χ3n) is 3.85. The Balaban J connectivity index is 2.00. The highest BCUT2D eigenvalue weighted by atomic mass is 35.5. The van der Waals surface area contributed by atoms with E-state index in [0.29, 0.717) is 10.7 Å². The Morgan fingerprint density at radius 1 is 1.15 bits per heavy atom. The van der Waals surface area contributed by atoms with Crippen LogP contribution in [0.5, 0.6) is 5.75 Å². The molecule has 0 bridgehead atoms. The number of benzene rings is 2. The van der Waals surface area contributed by atoms with Crippen molar-refractivity contribution < 1.29 is 9.66 Å². The Hall–Kier alpha value is -3.12. The molecule has 0 amide bonds. The second kappa shape index (κ2) is 7.84. The molecule has 1 atom stereocenters. The van der Waals surface area contributed by atoms with E-state index in [1.54, 1.807) is 24.4 Å². The van der Waals surface area contributed by atoms with E-state index in [-0.39, 0.29) is 17.5 Å². The highest BCUT2D eigenvalue weighted by Gasteiger charge is 2.19. The number of nitrogens with zero attached hydrogens (tertiary/aromatic N) is 2. The van der Waals surface area contributed by atoms with Gasteiger partial charge in [0.15, 0.2) is 5.75 Å². The Bertz CT molecular complexity index is 919. The van der Waals surface area contributed by atoms with Gasteiger partial charge in [0.1, 0.15) is 0 Å². The summed E-state index contributed by atoms with van der Waals surface area (Å²) in [4.78, 5) is 15.0. The van der Waals surface area contributed by atoms with Gasteiger partial charge in [-0.25, -0.2) is 0 Å². The molecule has 26 heavy (non-hydrogen) atoms. The fourth-order valence-electron chi connectivity index (χ4n) is 2.65. The van der Waals surface area contributed by atoms with Crippen LogP contribution in [-0.2, 0) is 0 Å². The van der Waals surface area contributed by atoms with Gasteiger partial charge in [0.05, 0.1) is 23.8 Å². The highest BCUT2D eigenvalue weighted by molar-refractivity contribution is 6.30. The molecule has 0 aliphatic rings. The standard InChI is InChI=1S/C19H16ClN3O3/c1-26-18-12-15(8-9-17(18)23(24)25)22-19(16-7-2-3-10-21-16)13-5-4-6-14(20)11-13/h2-12,19,22H,1H3. The fraction of sp³-hybridized carbons (Fsp3) is 0.105. The van der Waals surface area contributed by atoms with Crippen LogP contribution in [0.25, 0.3) is 0 Å². The number of rotatable bonds is 6. The van der Waals surface area contributed by atoms with Crippen LogP contribution in [0.4, 0.5) is 11.4 Å². The average molecular weight is 370 g/mol. The van der Waals surface area contributed by atoms with Crippen LogP contribution in [0.1, 0.15) is 17.3 Å². The maximum absolute atomic E-state index is 11.1. The van der Waals surface area contributed by atoms with E-state index in [0.717, 1.165) is 11.3 Å². The summed E-state index contributed by atoms with van der Waals surface area (Å²) >= 11 is 6.14. The molecule has 0 aliphatic heterocycles. The summed E-state index contributed by atoms with van der Waals surface area (Å²) in [6.07, 6.45) is 1.71. The lowest BCUT2D eigenvalue weighted by atomic mass is 10.0. The number of pyridine rings is 1. The SMILES string of the molecule is COc1cc(NC(c2cccc(Cl)c2)c2ccccn2)ccc1[N+](=O)[O-]. The van der Waals surface area contributed by atoms with Crippen molar-refractivity contribution >= 4 is 23.0 Å². The summed E-state index contributed by atoms with van der Waals surface area (Å²) in [5.41, 5.74) is 2.30. The van der Waals surface area contributed by atoms with Gasteiger partial charge in [-0.05, 0) is 35.9 Å². The number of ether oxygens (including phenoxy) is 1. The minimum absolute atomic E-state index is 0.0878. The lowest BCUT2D eigenvalue weighted by molar-refractivity contribution is -0.385. The molecule has 0 saturated carbocycles. The molecule has 3 aromatic rings. The van der Waals surface area contributed by atoms with Crippen LogP contribution in [0.15, 0.2) is 66.9 Å². The summed E-state index contributed by atoms with van der Waals surface area (Å²) in [7, 11) is 1.40. The smallest absolute Gasteiger partial charge is 0.311 e. The lowest BCUT2D eigenvalue weighted by Gasteiger charge is -2.20. The Morgan fingerprint density at radius 2 is 2.00 bits per heavy atom. The second-order valence-corrected chi connectivity index (χ2v) is 5.97. The maximum Gasteiger partial charge on any atom is 0.311 e. The summed E-state index contributed by atoms with van der Waals surface area (Å²) < 4.78 is 5.14. The first-order valence-electron chi connectivity index (χ1n) is 7.84. The molecule has 2 aromatic carbocycles. The Labute approximate surface area is 155 Å². The predicted octanol–water partition coefficient (Wildman–Crippen LogP) is 4.85. The van der Waals surface area contributed by atoms with E-state index in [4.69, 9.17) is 16.3 Å². The second-order valence-electron chi connectivity index (χ2n) is 5.53. The molecule has 1 heterocycles. The van der Waals surface area contributed by atoms with Gasteiger partial charge >= 0.3 is 5.69 Å². The predicted molar refractivity (Wildman–Crippen MR) is 101 cm³/mol. The Kier molecular flexibility index (Phi) is 5.34. The van der Waals surface area contributed by atoms with Gasteiger partial charge in [-0.2, -0.15) is 0 Å². The van der Waals surface area contributed by atoms with Crippen LogP contribution in [-0.4, -0.2) is 17.0 Å². The Morgan fingerprint density at radius 3 is 2.65 bits per heavy atom. The molecule has 1 aromatic heterocycles. The molecule has 7 heteroatoms. The summed E-state index contributed by atoms with van der Waals surface area (Å²) in [6, 6.07) is 17.5. The number of nitrogens with one attached hydrogen (secondary N) is 1. The normalized spacial score (nSPS) is 11.6. The minimum Gasteiger partial charge on any atom is -0.490 e. The molecule has 3 rings (SSSR count). The van der Waals surface area contributed by atoms with Crippen LogP contribution >= 0.6 is 11.6 Å². The van der Waals surface area contributed by atoms with Crippen molar-refractivity contribution in [3.05, 3.63) is 93.3 Å². The van der Waals surface area contributed by atoms with E-state index < -0.39 is 4.92 Å². The molecular formula is C19H16ClN3O3. The van der Waals surface area contributed by atoms with E-state index in [1.807, 2.05) is 36.4 Å². The number of hydrogen-bond donors (Lipinski definition) is 1. The fourth-order valence-corrected chi connectivity index (χ4v) is 2.84. The number of aromatic nitrogens is 1. The van der Waals surface area contributed by atoms with Gasteiger partial charge in [-0.3, -0.25) is 15.1 Å². The number of methoxy groups -OCH3 is 1. The van der Waals surface area contributed by atoms with Crippen molar-refractivity contribution in [1.29, 1.82) is 0 Å². The van der Waals surface area contributed by atoms with E-state index in [2.05, 4.69) is 10.3 Å². The maximum atomic E-state index is 11.1. The van der Waals surface area contributed by atoms with Crippen molar-refractivity contribution in [3.63, 3.8) is 0 Å². The molecule has 0 aliphatic carbocycles. The molecular weight excluding hydrogens is 354 g/mol. The third kappa shape index (κ3) is 3.92. The van der Waals surface area contributed by atoms with Gasteiger partial charge < -0.3 is 10.1 Å². The minimum atomic E-state index is -0.476.